The van der Waals surface area contributed by atoms with E-state index in [4.69, 9.17) is 11.6 Å². The van der Waals surface area contributed by atoms with Crippen LogP contribution in [0.4, 0.5) is 0 Å². The second-order valence-corrected chi connectivity index (χ2v) is 7.70. The number of carboxylic acids is 1. The number of carbonyl (C=O) groups excluding carboxylic acids is 1. The number of aliphatic carboxylic acids is 1. The molecule has 1 fully saturated rings. The van der Waals surface area contributed by atoms with Crippen molar-refractivity contribution in [2.24, 2.45) is 5.92 Å². The summed E-state index contributed by atoms with van der Waals surface area (Å²) in [6.45, 7) is 4.20. The number of nitrogens with zero attached hydrogens (tertiary/aromatic N) is 2. The van der Waals surface area contributed by atoms with E-state index >= 15 is 0 Å². The summed E-state index contributed by atoms with van der Waals surface area (Å²) in [7, 11) is 0. The quantitative estimate of drug-likeness (QED) is 0.872. The predicted molar refractivity (Wildman–Crippen MR) is 98.2 cm³/mol. The summed E-state index contributed by atoms with van der Waals surface area (Å²) in [6, 6.07) is 7.01. The molecule has 25 heavy (non-hydrogen) atoms. The molecule has 1 saturated heterocycles. The van der Waals surface area contributed by atoms with Gasteiger partial charge in [0.25, 0.3) is 5.91 Å². The van der Waals surface area contributed by atoms with Crippen molar-refractivity contribution in [1.82, 2.24) is 9.88 Å². The maximum atomic E-state index is 13.0. The lowest BCUT2D eigenvalue weighted by atomic mass is 9.90. The van der Waals surface area contributed by atoms with E-state index in [0.29, 0.717) is 35.0 Å². The summed E-state index contributed by atoms with van der Waals surface area (Å²) in [5.74, 6) is -1.48. The topological polar surface area (TPSA) is 70.5 Å². The number of hydrogen-bond acceptors (Lipinski definition) is 4. The number of aromatic nitrogens is 1. The van der Waals surface area contributed by atoms with Crippen LogP contribution in [0.3, 0.4) is 0 Å². The van der Waals surface area contributed by atoms with E-state index in [2.05, 4.69) is 4.98 Å². The Morgan fingerprint density at radius 2 is 2.00 bits per heavy atom. The molecule has 1 aromatic carbocycles. The minimum Gasteiger partial charge on any atom is -0.481 e. The number of amides is 1. The van der Waals surface area contributed by atoms with Crippen LogP contribution in [0.25, 0.3) is 10.6 Å². The van der Waals surface area contributed by atoms with Crippen molar-refractivity contribution in [2.75, 3.05) is 6.54 Å². The fourth-order valence-corrected chi connectivity index (χ4v) is 4.35. The number of rotatable bonds is 3. The van der Waals surface area contributed by atoms with E-state index in [1.165, 1.54) is 11.3 Å². The highest BCUT2D eigenvalue weighted by atomic mass is 35.5. The van der Waals surface area contributed by atoms with Crippen molar-refractivity contribution in [3.05, 3.63) is 39.9 Å². The smallest absolute Gasteiger partial charge is 0.308 e. The van der Waals surface area contributed by atoms with E-state index < -0.39 is 11.9 Å². The summed E-state index contributed by atoms with van der Waals surface area (Å²) in [6.07, 6.45) is 1.31. The molecule has 1 aromatic heterocycles. The molecule has 0 spiro atoms. The van der Waals surface area contributed by atoms with Crippen LogP contribution in [-0.4, -0.2) is 39.5 Å². The van der Waals surface area contributed by atoms with Gasteiger partial charge in [-0.15, -0.1) is 11.3 Å². The number of halogens is 1. The Morgan fingerprint density at radius 1 is 1.32 bits per heavy atom. The molecule has 2 aromatic rings. The molecular weight excluding hydrogens is 360 g/mol. The number of likely N-dealkylation sites (tertiary alicyclic amines) is 1. The molecule has 0 unspecified atom stereocenters. The lowest BCUT2D eigenvalue weighted by Crippen LogP contribution is -2.49. The molecule has 3 rings (SSSR count). The molecule has 1 N–H and O–H groups in total. The van der Waals surface area contributed by atoms with Gasteiger partial charge in [0, 0.05) is 23.2 Å². The minimum atomic E-state index is -0.840. The summed E-state index contributed by atoms with van der Waals surface area (Å²) in [5, 5.41) is 10.8. The van der Waals surface area contributed by atoms with Gasteiger partial charge < -0.3 is 10.0 Å². The maximum absolute atomic E-state index is 13.0. The van der Waals surface area contributed by atoms with Gasteiger partial charge in [-0.3, -0.25) is 9.59 Å². The van der Waals surface area contributed by atoms with E-state index in [1.54, 1.807) is 17.0 Å². The number of aryl methyl sites for hydroxylation is 1. The molecule has 0 bridgehead atoms. The average Bonchev–Trinajstić information content (AvgIpc) is 2.96. The monoisotopic (exact) mass is 378 g/mol. The molecule has 1 aliphatic rings. The molecule has 7 heteroatoms. The van der Waals surface area contributed by atoms with Gasteiger partial charge in [0.05, 0.1) is 11.6 Å². The standard InChI is InChI=1S/C18H19ClN2O3S/c1-10-15(25-16(20-10)12-5-7-13(19)8-6-12)17(22)21-9-3-4-14(11(21)2)18(23)24/h5-8,11,14H,3-4,9H2,1-2H3,(H,23,24)/t11-,14-/m1/s1. The van der Waals surface area contributed by atoms with Crippen molar-refractivity contribution in [2.45, 2.75) is 32.7 Å². The molecule has 0 aliphatic carbocycles. The first kappa shape index (κ1) is 17.9. The molecule has 5 nitrogen and oxygen atoms in total. The van der Waals surface area contributed by atoms with E-state index in [-0.39, 0.29) is 11.9 Å². The summed E-state index contributed by atoms with van der Waals surface area (Å²) in [4.78, 5) is 31.1. The number of hydrogen-bond donors (Lipinski definition) is 1. The van der Waals surface area contributed by atoms with Crippen LogP contribution in [0.5, 0.6) is 0 Å². The lowest BCUT2D eigenvalue weighted by Gasteiger charge is -2.37. The van der Waals surface area contributed by atoms with E-state index in [0.717, 1.165) is 10.6 Å². The number of benzene rings is 1. The third kappa shape index (κ3) is 3.55. The van der Waals surface area contributed by atoms with E-state index in [9.17, 15) is 14.7 Å². The summed E-state index contributed by atoms with van der Waals surface area (Å²) >= 11 is 7.26. The van der Waals surface area contributed by atoms with Crippen LogP contribution in [0.1, 0.15) is 35.1 Å². The van der Waals surface area contributed by atoms with Gasteiger partial charge in [-0.2, -0.15) is 0 Å². The van der Waals surface area contributed by atoms with Crippen molar-refractivity contribution in [1.29, 1.82) is 0 Å². The predicted octanol–water partition coefficient (Wildman–Crippen LogP) is 4.10. The fraction of sp³-hybridized carbons (Fsp3) is 0.389. The van der Waals surface area contributed by atoms with Crippen molar-refractivity contribution >= 4 is 34.8 Å². The molecule has 1 amide bonds. The van der Waals surface area contributed by atoms with Crippen LogP contribution in [0.15, 0.2) is 24.3 Å². The Labute approximate surface area is 155 Å². The largest absolute Gasteiger partial charge is 0.481 e. The Morgan fingerprint density at radius 3 is 2.64 bits per heavy atom. The maximum Gasteiger partial charge on any atom is 0.308 e. The van der Waals surface area contributed by atoms with Crippen LogP contribution in [0, 0.1) is 12.8 Å². The van der Waals surface area contributed by atoms with Crippen molar-refractivity contribution < 1.29 is 14.7 Å². The highest BCUT2D eigenvalue weighted by molar-refractivity contribution is 7.17. The van der Waals surface area contributed by atoms with Gasteiger partial charge >= 0.3 is 5.97 Å². The number of carbonyl (C=O) groups is 2. The Balaban J connectivity index is 1.87. The SMILES string of the molecule is Cc1nc(-c2ccc(Cl)cc2)sc1C(=O)N1CCC[C@@H](C(=O)O)[C@H]1C. The van der Waals surface area contributed by atoms with Crippen LogP contribution in [-0.2, 0) is 4.79 Å². The fourth-order valence-electron chi connectivity index (χ4n) is 3.20. The Hall–Kier alpha value is -1.92. The number of carboxylic acid groups (broad SMARTS) is 1. The first-order valence-electron chi connectivity index (χ1n) is 8.15. The highest BCUT2D eigenvalue weighted by Gasteiger charge is 2.36. The molecule has 0 radical (unpaired) electrons. The Kier molecular flexibility index (Phi) is 5.11. The second-order valence-electron chi connectivity index (χ2n) is 6.27. The molecule has 132 valence electrons. The summed E-state index contributed by atoms with van der Waals surface area (Å²) < 4.78 is 0. The Bertz CT molecular complexity index is 803. The number of thiazole rings is 1. The van der Waals surface area contributed by atoms with Gasteiger partial charge in [-0.25, -0.2) is 4.98 Å². The van der Waals surface area contributed by atoms with Gasteiger partial charge in [0.1, 0.15) is 9.88 Å². The van der Waals surface area contributed by atoms with Crippen LogP contribution >= 0.6 is 22.9 Å². The zero-order valence-corrected chi connectivity index (χ0v) is 15.6. The van der Waals surface area contributed by atoms with Gasteiger partial charge in [0.15, 0.2) is 0 Å². The van der Waals surface area contributed by atoms with Crippen LogP contribution in [0.2, 0.25) is 5.02 Å². The molecule has 2 heterocycles. The first-order valence-corrected chi connectivity index (χ1v) is 9.35. The van der Waals surface area contributed by atoms with Gasteiger partial charge in [0.2, 0.25) is 0 Å². The van der Waals surface area contributed by atoms with Crippen molar-refractivity contribution in [3.8, 4) is 10.6 Å². The zero-order chi connectivity index (χ0) is 18.1. The van der Waals surface area contributed by atoms with Gasteiger partial charge in [-0.1, -0.05) is 23.7 Å². The van der Waals surface area contributed by atoms with Gasteiger partial charge in [-0.05, 0) is 38.8 Å². The first-order chi connectivity index (χ1) is 11.9. The zero-order valence-electron chi connectivity index (χ0n) is 14.0. The lowest BCUT2D eigenvalue weighted by molar-refractivity contribution is -0.144. The summed E-state index contributed by atoms with van der Waals surface area (Å²) in [5.41, 5.74) is 1.58. The molecule has 0 saturated carbocycles. The number of piperidine rings is 1. The van der Waals surface area contributed by atoms with E-state index in [1.807, 2.05) is 26.0 Å². The molecular formula is C18H19ClN2O3S. The molecule has 2 atom stereocenters. The highest BCUT2D eigenvalue weighted by Crippen LogP contribution is 2.32. The minimum absolute atomic E-state index is 0.131. The van der Waals surface area contributed by atoms with Crippen molar-refractivity contribution in [3.63, 3.8) is 0 Å². The average molecular weight is 379 g/mol. The second kappa shape index (κ2) is 7.14. The molecule has 1 aliphatic heterocycles. The normalized spacial score (nSPS) is 20.5. The third-order valence-electron chi connectivity index (χ3n) is 4.65. The third-order valence-corrected chi connectivity index (χ3v) is 6.09. The van der Waals surface area contributed by atoms with Crippen LogP contribution < -0.4 is 0 Å².